The molecule has 2 unspecified atom stereocenters. The number of hydrogen-bond acceptors (Lipinski definition) is 1. The molecule has 0 bridgehead atoms. The molecular weight excluding hydrogens is 268 g/mol. The Labute approximate surface area is 139 Å². The van der Waals surface area contributed by atoms with Gasteiger partial charge >= 0.3 is 0 Å². The fraction of sp³-hybridized carbons (Fsp3) is 0.762. The number of ketones is 1. The number of allylic oxidation sites excluding steroid dienone is 2. The van der Waals surface area contributed by atoms with Crippen LogP contribution in [0, 0.1) is 23.7 Å². The monoisotopic (exact) mass is 306 g/mol. The maximum absolute atomic E-state index is 12.6. The third kappa shape index (κ3) is 9.97. The molecule has 1 nitrogen and oxygen atoms in total. The molecule has 0 aromatic rings. The molecule has 0 amide bonds. The molecule has 0 radical (unpaired) electrons. The molecule has 2 atom stereocenters. The zero-order chi connectivity index (χ0) is 17.0. The number of carbonyl (C=O) groups excluding carboxylic acids is 1. The van der Waals surface area contributed by atoms with Gasteiger partial charge in [0.15, 0.2) is 0 Å². The van der Waals surface area contributed by atoms with Crippen LogP contribution in [0.5, 0.6) is 0 Å². The second-order valence-corrected chi connectivity index (χ2v) is 7.44. The van der Waals surface area contributed by atoms with Gasteiger partial charge in [-0.2, -0.15) is 0 Å². The van der Waals surface area contributed by atoms with E-state index in [1.807, 2.05) is 12.2 Å². The Morgan fingerprint density at radius 3 is 1.32 bits per heavy atom. The van der Waals surface area contributed by atoms with Crippen LogP contribution in [0.3, 0.4) is 0 Å². The molecule has 22 heavy (non-hydrogen) atoms. The summed E-state index contributed by atoms with van der Waals surface area (Å²) in [5, 5.41) is 0. The van der Waals surface area contributed by atoms with Crippen LogP contribution in [-0.4, -0.2) is 5.78 Å². The largest absolute Gasteiger partial charge is 0.298 e. The fourth-order valence-corrected chi connectivity index (χ4v) is 2.86. The molecule has 0 aliphatic heterocycles. The van der Waals surface area contributed by atoms with Gasteiger partial charge in [0.25, 0.3) is 0 Å². The van der Waals surface area contributed by atoms with Gasteiger partial charge in [-0.15, -0.1) is 13.2 Å². The quantitative estimate of drug-likeness (QED) is 0.261. The van der Waals surface area contributed by atoms with Crippen LogP contribution >= 0.6 is 0 Å². The van der Waals surface area contributed by atoms with E-state index in [1.165, 1.54) is 25.7 Å². The molecule has 0 aromatic carbocycles. The lowest BCUT2D eigenvalue weighted by Crippen LogP contribution is -2.21. The summed E-state index contributed by atoms with van der Waals surface area (Å²) in [5.41, 5.74) is 0. The van der Waals surface area contributed by atoms with Gasteiger partial charge in [0.2, 0.25) is 0 Å². The van der Waals surface area contributed by atoms with Gasteiger partial charge in [0.1, 0.15) is 5.78 Å². The van der Waals surface area contributed by atoms with Crippen molar-refractivity contribution in [3.8, 4) is 0 Å². The van der Waals surface area contributed by atoms with E-state index in [0.717, 1.165) is 37.5 Å². The van der Waals surface area contributed by atoms with Crippen molar-refractivity contribution in [2.75, 3.05) is 0 Å². The van der Waals surface area contributed by atoms with Crippen molar-refractivity contribution in [1.82, 2.24) is 0 Å². The van der Waals surface area contributed by atoms with Crippen LogP contribution in [0.4, 0.5) is 0 Å². The lowest BCUT2D eigenvalue weighted by atomic mass is 9.85. The molecular formula is C21H38O. The standard InChI is InChI=1S/C21H38O/c1-7-19(15-11-9-13-17(3)4)21(22)20(8-2)16-12-10-14-18(5)6/h7-8,17-20H,1-2,9-16H2,3-6H3. The third-order valence-electron chi connectivity index (χ3n) is 4.39. The first-order valence-electron chi connectivity index (χ1n) is 9.21. The fourth-order valence-electron chi connectivity index (χ4n) is 2.86. The predicted octanol–water partition coefficient (Wildman–Crippen LogP) is 6.59. The molecule has 0 saturated carbocycles. The predicted molar refractivity (Wildman–Crippen MR) is 99.0 cm³/mol. The Balaban J connectivity index is 4.20. The van der Waals surface area contributed by atoms with Gasteiger partial charge in [-0.3, -0.25) is 4.79 Å². The molecule has 0 heterocycles. The minimum Gasteiger partial charge on any atom is -0.298 e. The number of carbonyl (C=O) groups is 1. The summed E-state index contributed by atoms with van der Waals surface area (Å²) in [5.74, 6) is 1.86. The zero-order valence-electron chi connectivity index (χ0n) is 15.4. The maximum Gasteiger partial charge on any atom is 0.146 e. The van der Waals surface area contributed by atoms with E-state index in [4.69, 9.17) is 0 Å². The van der Waals surface area contributed by atoms with Crippen LogP contribution in [-0.2, 0) is 4.79 Å². The maximum atomic E-state index is 12.6. The number of rotatable bonds is 14. The molecule has 0 fully saturated rings. The highest BCUT2D eigenvalue weighted by molar-refractivity contribution is 5.86. The molecule has 0 aromatic heterocycles. The Bertz CT molecular complexity index is 284. The highest BCUT2D eigenvalue weighted by atomic mass is 16.1. The minimum atomic E-state index is 0.0141. The van der Waals surface area contributed by atoms with Crippen molar-refractivity contribution < 1.29 is 4.79 Å². The third-order valence-corrected chi connectivity index (χ3v) is 4.39. The van der Waals surface area contributed by atoms with Gasteiger partial charge in [-0.1, -0.05) is 78.4 Å². The Morgan fingerprint density at radius 1 is 0.727 bits per heavy atom. The van der Waals surface area contributed by atoms with Gasteiger partial charge in [-0.05, 0) is 24.7 Å². The van der Waals surface area contributed by atoms with Crippen molar-refractivity contribution >= 4 is 5.78 Å². The second-order valence-electron chi connectivity index (χ2n) is 7.44. The van der Waals surface area contributed by atoms with Gasteiger partial charge in [0.05, 0.1) is 0 Å². The smallest absolute Gasteiger partial charge is 0.146 e. The summed E-state index contributed by atoms with van der Waals surface area (Å²) < 4.78 is 0. The summed E-state index contributed by atoms with van der Waals surface area (Å²) in [6, 6.07) is 0. The minimum absolute atomic E-state index is 0.0141. The molecule has 0 aliphatic rings. The van der Waals surface area contributed by atoms with Crippen LogP contribution in [0.2, 0.25) is 0 Å². The van der Waals surface area contributed by atoms with Crippen molar-refractivity contribution in [3.63, 3.8) is 0 Å². The van der Waals surface area contributed by atoms with E-state index in [-0.39, 0.29) is 11.8 Å². The highest BCUT2D eigenvalue weighted by Crippen LogP contribution is 2.22. The second kappa shape index (κ2) is 12.7. The van der Waals surface area contributed by atoms with E-state index in [9.17, 15) is 4.79 Å². The Morgan fingerprint density at radius 2 is 1.05 bits per heavy atom. The molecule has 0 N–H and O–H groups in total. The average Bonchev–Trinajstić information content (AvgIpc) is 2.46. The first-order valence-corrected chi connectivity index (χ1v) is 9.21. The molecule has 1 heteroatoms. The number of unbranched alkanes of at least 4 members (excludes halogenated alkanes) is 2. The van der Waals surface area contributed by atoms with E-state index in [2.05, 4.69) is 40.9 Å². The number of Topliss-reactive ketones (excluding diaryl/α,β-unsaturated/α-hetero) is 1. The van der Waals surface area contributed by atoms with Crippen molar-refractivity contribution in [2.45, 2.75) is 79.1 Å². The van der Waals surface area contributed by atoms with E-state index in [1.54, 1.807) is 0 Å². The summed E-state index contributed by atoms with van der Waals surface area (Å²) >= 11 is 0. The van der Waals surface area contributed by atoms with E-state index in [0.29, 0.717) is 5.78 Å². The van der Waals surface area contributed by atoms with E-state index >= 15 is 0 Å². The highest BCUT2D eigenvalue weighted by Gasteiger charge is 2.22. The van der Waals surface area contributed by atoms with Crippen LogP contribution in [0.25, 0.3) is 0 Å². The topological polar surface area (TPSA) is 17.1 Å². The summed E-state index contributed by atoms with van der Waals surface area (Å²) in [7, 11) is 0. The van der Waals surface area contributed by atoms with Crippen LogP contribution < -0.4 is 0 Å². The van der Waals surface area contributed by atoms with Crippen molar-refractivity contribution in [2.24, 2.45) is 23.7 Å². The van der Waals surface area contributed by atoms with Gasteiger partial charge in [0, 0.05) is 11.8 Å². The molecule has 0 aliphatic carbocycles. The van der Waals surface area contributed by atoms with Crippen LogP contribution in [0.1, 0.15) is 79.1 Å². The van der Waals surface area contributed by atoms with Crippen molar-refractivity contribution in [1.29, 1.82) is 0 Å². The van der Waals surface area contributed by atoms with Crippen molar-refractivity contribution in [3.05, 3.63) is 25.3 Å². The van der Waals surface area contributed by atoms with Crippen LogP contribution in [0.15, 0.2) is 25.3 Å². The first-order chi connectivity index (χ1) is 10.4. The summed E-state index contributed by atoms with van der Waals surface area (Å²) in [6.07, 6.45) is 12.8. The molecule has 0 spiro atoms. The SMILES string of the molecule is C=CC(CCCCC(C)C)C(=O)C(C=C)CCCCC(C)C. The molecule has 0 saturated heterocycles. The lowest BCUT2D eigenvalue weighted by Gasteiger charge is -2.18. The molecule has 0 rings (SSSR count). The Hall–Kier alpha value is -0.850. The zero-order valence-corrected chi connectivity index (χ0v) is 15.4. The summed E-state index contributed by atoms with van der Waals surface area (Å²) in [4.78, 5) is 12.6. The van der Waals surface area contributed by atoms with E-state index < -0.39 is 0 Å². The van der Waals surface area contributed by atoms with Gasteiger partial charge in [-0.25, -0.2) is 0 Å². The normalized spacial score (nSPS) is 14.1. The number of hydrogen-bond donors (Lipinski definition) is 0. The summed E-state index contributed by atoms with van der Waals surface area (Å²) in [6.45, 7) is 16.8. The van der Waals surface area contributed by atoms with Gasteiger partial charge < -0.3 is 0 Å². The molecule has 128 valence electrons. The first kappa shape index (κ1) is 21.1. The Kier molecular flexibility index (Phi) is 12.2. The average molecular weight is 307 g/mol. The lowest BCUT2D eigenvalue weighted by molar-refractivity contribution is -0.124.